The molecule has 74 valence electrons. The van der Waals surface area contributed by atoms with Crippen LogP contribution < -0.4 is 5.32 Å². The maximum atomic E-state index is 5.24. The fourth-order valence-electron chi connectivity index (χ4n) is 0.993. The second-order valence-corrected chi connectivity index (χ2v) is 2.64. The molecule has 1 rings (SSSR count). The van der Waals surface area contributed by atoms with Gasteiger partial charge in [0.15, 0.2) is 12.2 Å². The van der Waals surface area contributed by atoms with Crippen LogP contribution in [0.2, 0.25) is 0 Å². The van der Waals surface area contributed by atoms with Crippen LogP contribution in [0.1, 0.15) is 25.3 Å². The van der Waals surface area contributed by atoms with E-state index in [9.17, 15) is 0 Å². The number of rotatable bonds is 6. The molecule has 0 atom stereocenters. The van der Waals surface area contributed by atoms with Crippen LogP contribution in [0.15, 0.2) is 10.8 Å². The highest BCUT2D eigenvalue weighted by Crippen LogP contribution is 2.07. The van der Waals surface area contributed by atoms with Crippen LogP contribution in [-0.2, 0) is 17.9 Å². The molecule has 4 nitrogen and oxygen atoms in total. The molecule has 13 heavy (non-hydrogen) atoms. The summed E-state index contributed by atoms with van der Waals surface area (Å²) in [6.45, 7) is 6.90. The fraction of sp³-hybridized carbons (Fsp3) is 0.667. The predicted octanol–water partition coefficient (Wildman–Crippen LogP) is 1.32. The Balaban J connectivity index is 2.45. The van der Waals surface area contributed by atoms with Crippen LogP contribution in [0.25, 0.3) is 0 Å². The summed E-state index contributed by atoms with van der Waals surface area (Å²) in [5.41, 5.74) is 0.940. The number of nitrogens with one attached hydrogen (secondary N) is 1. The SMILES string of the molecule is CCNCc1ncoc1COCC. The molecule has 1 aromatic heterocycles. The van der Waals surface area contributed by atoms with Crippen molar-refractivity contribution < 1.29 is 9.15 Å². The van der Waals surface area contributed by atoms with Crippen LogP contribution in [0, 0.1) is 0 Å². The van der Waals surface area contributed by atoms with Gasteiger partial charge < -0.3 is 14.5 Å². The Morgan fingerprint density at radius 3 is 3.08 bits per heavy atom. The predicted molar refractivity (Wildman–Crippen MR) is 49.2 cm³/mol. The third-order valence-electron chi connectivity index (χ3n) is 1.71. The van der Waals surface area contributed by atoms with E-state index in [1.54, 1.807) is 0 Å². The zero-order chi connectivity index (χ0) is 9.52. The van der Waals surface area contributed by atoms with Gasteiger partial charge in [0.05, 0.1) is 5.69 Å². The van der Waals surface area contributed by atoms with E-state index in [0.29, 0.717) is 13.2 Å². The zero-order valence-corrected chi connectivity index (χ0v) is 8.17. The average molecular weight is 184 g/mol. The van der Waals surface area contributed by atoms with E-state index in [1.165, 1.54) is 6.39 Å². The molecular formula is C9H16N2O2. The highest BCUT2D eigenvalue weighted by atomic mass is 16.5. The zero-order valence-electron chi connectivity index (χ0n) is 8.17. The van der Waals surface area contributed by atoms with Gasteiger partial charge >= 0.3 is 0 Å². The lowest BCUT2D eigenvalue weighted by molar-refractivity contribution is 0.117. The van der Waals surface area contributed by atoms with E-state index in [1.807, 2.05) is 6.92 Å². The molecule has 0 aliphatic rings. The van der Waals surface area contributed by atoms with E-state index in [-0.39, 0.29) is 0 Å². The van der Waals surface area contributed by atoms with Crippen molar-refractivity contribution in [2.45, 2.75) is 27.0 Å². The minimum Gasteiger partial charge on any atom is -0.446 e. The molecule has 0 aliphatic carbocycles. The van der Waals surface area contributed by atoms with Crippen molar-refractivity contribution in [1.82, 2.24) is 10.3 Å². The van der Waals surface area contributed by atoms with Gasteiger partial charge in [0, 0.05) is 13.2 Å². The summed E-state index contributed by atoms with van der Waals surface area (Å²) in [7, 11) is 0. The van der Waals surface area contributed by atoms with Crippen molar-refractivity contribution >= 4 is 0 Å². The van der Waals surface area contributed by atoms with E-state index in [4.69, 9.17) is 9.15 Å². The Labute approximate surface area is 78.3 Å². The Morgan fingerprint density at radius 2 is 2.38 bits per heavy atom. The molecule has 1 aromatic rings. The Hall–Kier alpha value is -0.870. The quantitative estimate of drug-likeness (QED) is 0.724. The Morgan fingerprint density at radius 1 is 1.54 bits per heavy atom. The molecule has 1 N–H and O–H groups in total. The third-order valence-corrected chi connectivity index (χ3v) is 1.71. The first-order valence-corrected chi connectivity index (χ1v) is 4.58. The largest absolute Gasteiger partial charge is 0.446 e. The monoisotopic (exact) mass is 184 g/mol. The van der Waals surface area contributed by atoms with Gasteiger partial charge in [0.1, 0.15) is 6.61 Å². The lowest BCUT2D eigenvalue weighted by Gasteiger charge is -2.01. The minimum absolute atomic E-state index is 0.511. The summed E-state index contributed by atoms with van der Waals surface area (Å²) in [6.07, 6.45) is 1.46. The van der Waals surface area contributed by atoms with E-state index in [2.05, 4.69) is 17.2 Å². The molecule has 4 heteroatoms. The minimum atomic E-state index is 0.511. The van der Waals surface area contributed by atoms with Gasteiger partial charge in [-0.1, -0.05) is 6.92 Å². The fourth-order valence-corrected chi connectivity index (χ4v) is 0.993. The molecule has 0 amide bonds. The van der Waals surface area contributed by atoms with Crippen LogP contribution in [-0.4, -0.2) is 18.1 Å². The molecule has 1 heterocycles. The molecule has 0 aromatic carbocycles. The van der Waals surface area contributed by atoms with E-state index in [0.717, 1.165) is 24.5 Å². The van der Waals surface area contributed by atoms with Gasteiger partial charge in [-0.15, -0.1) is 0 Å². The van der Waals surface area contributed by atoms with Crippen molar-refractivity contribution in [2.24, 2.45) is 0 Å². The molecule has 0 fully saturated rings. The highest BCUT2D eigenvalue weighted by molar-refractivity contribution is 5.05. The number of hydrogen-bond acceptors (Lipinski definition) is 4. The number of hydrogen-bond donors (Lipinski definition) is 1. The normalized spacial score (nSPS) is 10.6. The number of oxazole rings is 1. The van der Waals surface area contributed by atoms with Crippen molar-refractivity contribution in [3.05, 3.63) is 17.8 Å². The van der Waals surface area contributed by atoms with Gasteiger partial charge in [0.25, 0.3) is 0 Å². The first-order chi connectivity index (χ1) is 6.38. The molecule has 0 bridgehead atoms. The standard InChI is InChI=1S/C9H16N2O2/c1-3-10-5-8-9(6-12-4-2)13-7-11-8/h7,10H,3-6H2,1-2H3. The smallest absolute Gasteiger partial charge is 0.181 e. The lowest BCUT2D eigenvalue weighted by Crippen LogP contribution is -2.13. The number of ether oxygens (including phenoxy) is 1. The topological polar surface area (TPSA) is 47.3 Å². The molecule has 0 aliphatic heterocycles. The van der Waals surface area contributed by atoms with Gasteiger partial charge in [-0.2, -0.15) is 0 Å². The van der Waals surface area contributed by atoms with E-state index >= 15 is 0 Å². The summed E-state index contributed by atoms with van der Waals surface area (Å²) < 4.78 is 10.4. The van der Waals surface area contributed by atoms with Crippen LogP contribution >= 0.6 is 0 Å². The summed E-state index contributed by atoms with van der Waals surface area (Å²) in [6, 6.07) is 0. The summed E-state index contributed by atoms with van der Waals surface area (Å²) in [4.78, 5) is 4.10. The maximum absolute atomic E-state index is 5.24. The molecule has 0 spiro atoms. The van der Waals surface area contributed by atoms with Crippen molar-refractivity contribution in [3.8, 4) is 0 Å². The second kappa shape index (κ2) is 5.72. The first-order valence-electron chi connectivity index (χ1n) is 4.58. The molecule has 0 unspecified atom stereocenters. The van der Waals surface area contributed by atoms with Crippen LogP contribution in [0.5, 0.6) is 0 Å². The molecule has 0 saturated carbocycles. The second-order valence-electron chi connectivity index (χ2n) is 2.64. The van der Waals surface area contributed by atoms with Gasteiger partial charge in [-0.05, 0) is 13.5 Å². The maximum Gasteiger partial charge on any atom is 0.181 e. The third kappa shape index (κ3) is 3.16. The molecule has 0 saturated heterocycles. The van der Waals surface area contributed by atoms with Crippen molar-refractivity contribution in [2.75, 3.05) is 13.2 Å². The van der Waals surface area contributed by atoms with Crippen molar-refractivity contribution in [1.29, 1.82) is 0 Å². The summed E-state index contributed by atoms with van der Waals surface area (Å²) in [5.74, 6) is 0.822. The van der Waals surface area contributed by atoms with Crippen LogP contribution in [0.4, 0.5) is 0 Å². The van der Waals surface area contributed by atoms with Gasteiger partial charge in [-0.25, -0.2) is 4.98 Å². The van der Waals surface area contributed by atoms with Gasteiger partial charge in [0.2, 0.25) is 0 Å². The Kier molecular flexibility index (Phi) is 4.49. The first kappa shape index (κ1) is 10.2. The molecular weight excluding hydrogens is 168 g/mol. The number of aromatic nitrogens is 1. The van der Waals surface area contributed by atoms with Gasteiger partial charge in [-0.3, -0.25) is 0 Å². The van der Waals surface area contributed by atoms with E-state index < -0.39 is 0 Å². The molecule has 0 radical (unpaired) electrons. The summed E-state index contributed by atoms with van der Waals surface area (Å²) >= 11 is 0. The highest BCUT2D eigenvalue weighted by Gasteiger charge is 2.06. The number of nitrogens with zero attached hydrogens (tertiary/aromatic N) is 1. The lowest BCUT2D eigenvalue weighted by atomic mass is 10.3. The summed E-state index contributed by atoms with van der Waals surface area (Å²) in [5, 5.41) is 3.19. The average Bonchev–Trinajstić information content (AvgIpc) is 2.59. The Bertz CT molecular complexity index is 213. The van der Waals surface area contributed by atoms with Crippen molar-refractivity contribution in [3.63, 3.8) is 0 Å². The van der Waals surface area contributed by atoms with Crippen LogP contribution in [0.3, 0.4) is 0 Å².